The summed E-state index contributed by atoms with van der Waals surface area (Å²) in [5.41, 5.74) is 2.38. The first-order valence-electron chi connectivity index (χ1n) is 8.79. The topological polar surface area (TPSA) is 84.2 Å². The number of carbonyl (C=O) groups excluding carboxylic acids is 2. The summed E-state index contributed by atoms with van der Waals surface area (Å²) < 4.78 is 5.48. The molecule has 4 rings (SSSR count). The fourth-order valence-corrected chi connectivity index (χ4v) is 3.68. The number of aryl methyl sites for hydroxylation is 1. The lowest BCUT2D eigenvalue weighted by atomic mass is 10.2. The van der Waals surface area contributed by atoms with Gasteiger partial charge in [0.2, 0.25) is 11.8 Å². The second kappa shape index (κ2) is 7.36. The van der Waals surface area contributed by atoms with Crippen LogP contribution in [0.2, 0.25) is 0 Å². The second-order valence-corrected chi connectivity index (χ2v) is 7.63. The van der Waals surface area contributed by atoms with Crippen molar-refractivity contribution in [1.29, 1.82) is 0 Å². The molecule has 0 saturated heterocycles. The van der Waals surface area contributed by atoms with Crippen molar-refractivity contribution in [3.05, 3.63) is 58.8 Å². The summed E-state index contributed by atoms with van der Waals surface area (Å²) in [5.74, 6) is 0.515. The summed E-state index contributed by atoms with van der Waals surface area (Å²) in [6.07, 6.45) is 3.45. The number of benzene rings is 1. The van der Waals surface area contributed by atoms with Gasteiger partial charge in [0.1, 0.15) is 6.26 Å². The molecule has 3 aromatic rings. The van der Waals surface area contributed by atoms with E-state index in [-0.39, 0.29) is 24.3 Å². The highest BCUT2D eigenvalue weighted by Gasteiger charge is 2.30. The van der Waals surface area contributed by atoms with Crippen LogP contribution in [0, 0.1) is 12.8 Å². The van der Waals surface area contributed by atoms with Crippen LogP contribution in [-0.2, 0) is 11.3 Å². The Morgan fingerprint density at radius 3 is 2.78 bits per heavy atom. The van der Waals surface area contributed by atoms with Gasteiger partial charge in [-0.25, -0.2) is 4.98 Å². The Morgan fingerprint density at radius 2 is 2.04 bits per heavy atom. The zero-order valence-corrected chi connectivity index (χ0v) is 15.6. The maximum atomic E-state index is 12.5. The number of hydrogen-bond acceptors (Lipinski definition) is 5. The van der Waals surface area contributed by atoms with Crippen molar-refractivity contribution in [3.63, 3.8) is 0 Å². The minimum atomic E-state index is -0.186. The molecule has 2 amide bonds. The molecule has 2 aromatic heterocycles. The Kier molecular flexibility index (Phi) is 4.77. The molecule has 0 unspecified atom stereocenters. The predicted octanol–water partition coefficient (Wildman–Crippen LogP) is 3.99. The molecule has 6 nitrogen and oxygen atoms in total. The van der Waals surface area contributed by atoms with Crippen molar-refractivity contribution >= 4 is 28.2 Å². The SMILES string of the molecule is Cc1cc(NC(=O)C2CC2)sc1C(=O)NCc1coc(-c2ccccc2)n1. The number of amides is 2. The minimum absolute atomic E-state index is 0.0410. The summed E-state index contributed by atoms with van der Waals surface area (Å²) in [5, 5.41) is 6.46. The molecule has 0 spiro atoms. The van der Waals surface area contributed by atoms with Crippen LogP contribution in [-0.4, -0.2) is 16.8 Å². The van der Waals surface area contributed by atoms with Gasteiger partial charge >= 0.3 is 0 Å². The summed E-state index contributed by atoms with van der Waals surface area (Å²) in [6.45, 7) is 2.14. The molecule has 7 heteroatoms. The van der Waals surface area contributed by atoms with E-state index in [2.05, 4.69) is 15.6 Å². The molecule has 0 bridgehead atoms. The van der Waals surface area contributed by atoms with Crippen LogP contribution in [0.25, 0.3) is 11.5 Å². The Bertz CT molecular complexity index is 974. The number of aromatic nitrogens is 1. The second-order valence-electron chi connectivity index (χ2n) is 6.58. The van der Waals surface area contributed by atoms with E-state index in [0.29, 0.717) is 21.5 Å². The summed E-state index contributed by atoms with van der Waals surface area (Å²) >= 11 is 1.29. The lowest BCUT2D eigenvalue weighted by Crippen LogP contribution is -2.22. The van der Waals surface area contributed by atoms with Crippen LogP contribution in [0.15, 0.2) is 47.1 Å². The Morgan fingerprint density at radius 1 is 1.26 bits per heavy atom. The van der Waals surface area contributed by atoms with Gasteiger partial charge in [0, 0.05) is 11.5 Å². The van der Waals surface area contributed by atoms with E-state index in [4.69, 9.17) is 4.42 Å². The van der Waals surface area contributed by atoms with Gasteiger partial charge in [0.25, 0.3) is 5.91 Å². The van der Waals surface area contributed by atoms with Gasteiger partial charge in [-0.15, -0.1) is 11.3 Å². The lowest BCUT2D eigenvalue weighted by molar-refractivity contribution is -0.117. The number of nitrogens with one attached hydrogen (secondary N) is 2. The molecule has 1 saturated carbocycles. The number of hydrogen-bond donors (Lipinski definition) is 2. The number of rotatable bonds is 6. The molecule has 0 atom stereocenters. The van der Waals surface area contributed by atoms with Crippen LogP contribution in [0.3, 0.4) is 0 Å². The summed E-state index contributed by atoms with van der Waals surface area (Å²) in [7, 11) is 0. The normalized spacial score (nSPS) is 13.4. The Balaban J connectivity index is 1.37. The van der Waals surface area contributed by atoms with Gasteiger partial charge in [-0.05, 0) is 43.5 Å². The summed E-state index contributed by atoms with van der Waals surface area (Å²) in [6, 6.07) is 11.4. The highest BCUT2D eigenvalue weighted by molar-refractivity contribution is 7.18. The first kappa shape index (κ1) is 17.5. The molecule has 0 aliphatic heterocycles. The molecule has 2 N–H and O–H groups in total. The lowest BCUT2D eigenvalue weighted by Gasteiger charge is -2.02. The van der Waals surface area contributed by atoms with Gasteiger partial charge in [-0.1, -0.05) is 18.2 Å². The quantitative estimate of drug-likeness (QED) is 0.676. The third-order valence-corrected chi connectivity index (χ3v) is 5.47. The average Bonchev–Trinajstić information content (AvgIpc) is 3.32. The first-order chi connectivity index (χ1) is 13.1. The maximum absolute atomic E-state index is 12.5. The van der Waals surface area contributed by atoms with Gasteiger partial charge < -0.3 is 15.1 Å². The third-order valence-electron chi connectivity index (χ3n) is 4.32. The molecular formula is C20H19N3O3S. The fraction of sp³-hybridized carbons (Fsp3) is 0.250. The van der Waals surface area contributed by atoms with E-state index in [1.807, 2.05) is 43.3 Å². The van der Waals surface area contributed by atoms with Gasteiger partial charge in [-0.2, -0.15) is 0 Å². The molecule has 1 aromatic carbocycles. The van der Waals surface area contributed by atoms with E-state index in [9.17, 15) is 9.59 Å². The van der Waals surface area contributed by atoms with Crippen molar-refractivity contribution in [2.75, 3.05) is 5.32 Å². The molecule has 27 heavy (non-hydrogen) atoms. The average molecular weight is 381 g/mol. The zero-order chi connectivity index (χ0) is 18.8. The van der Waals surface area contributed by atoms with Crippen molar-refractivity contribution in [2.24, 2.45) is 5.92 Å². The monoisotopic (exact) mass is 381 g/mol. The van der Waals surface area contributed by atoms with Crippen molar-refractivity contribution in [3.8, 4) is 11.5 Å². The van der Waals surface area contributed by atoms with Crippen LogP contribution in [0.1, 0.15) is 33.8 Å². The van der Waals surface area contributed by atoms with Gasteiger partial charge in [0.15, 0.2) is 0 Å². The van der Waals surface area contributed by atoms with E-state index in [0.717, 1.165) is 24.0 Å². The van der Waals surface area contributed by atoms with Crippen molar-refractivity contribution < 1.29 is 14.0 Å². The predicted molar refractivity (Wildman–Crippen MR) is 104 cm³/mol. The van der Waals surface area contributed by atoms with E-state index < -0.39 is 0 Å². The zero-order valence-electron chi connectivity index (χ0n) is 14.8. The number of oxazole rings is 1. The maximum Gasteiger partial charge on any atom is 0.262 e. The van der Waals surface area contributed by atoms with E-state index in [1.54, 1.807) is 6.26 Å². The molecule has 1 aliphatic carbocycles. The highest BCUT2D eigenvalue weighted by atomic mass is 32.1. The molecule has 138 valence electrons. The first-order valence-corrected chi connectivity index (χ1v) is 9.61. The Labute approximate surface area is 160 Å². The standard InChI is InChI=1S/C20H19N3O3S/c1-12-9-16(23-18(24)13-7-8-13)27-17(12)19(25)21-10-15-11-26-20(22-15)14-5-3-2-4-6-14/h2-6,9,11,13H,7-8,10H2,1H3,(H,21,25)(H,23,24). The third kappa shape index (κ3) is 4.09. The summed E-state index contributed by atoms with van der Waals surface area (Å²) in [4.78, 5) is 29.4. The number of nitrogens with zero attached hydrogens (tertiary/aromatic N) is 1. The molecule has 2 heterocycles. The molecule has 1 fully saturated rings. The van der Waals surface area contributed by atoms with E-state index in [1.165, 1.54) is 11.3 Å². The van der Waals surface area contributed by atoms with Crippen molar-refractivity contribution in [2.45, 2.75) is 26.3 Å². The number of thiophene rings is 1. The highest BCUT2D eigenvalue weighted by Crippen LogP contribution is 2.32. The van der Waals surface area contributed by atoms with Crippen LogP contribution >= 0.6 is 11.3 Å². The number of carbonyl (C=O) groups is 2. The van der Waals surface area contributed by atoms with Crippen molar-refractivity contribution in [1.82, 2.24) is 10.3 Å². The number of anilines is 1. The molecular weight excluding hydrogens is 362 g/mol. The van der Waals surface area contributed by atoms with Crippen LogP contribution in [0.5, 0.6) is 0 Å². The largest absolute Gasteiger partial charge is 0.444 e. The van der Waals surface area contributed by atoms with Gasteiger partial charge in [0.05, 0.1) is 22.1 Å². The molecule has 0 radical (unpaired) electrons. The van der Waals surface area contributed by atoms with Gasteiger partial charge in [-0.3, -0.25) is 9.59 Å². The fourth-order valence-electron chi connectivity index (χ4n) is 2.69. The minimum Gasteiger partial charge on any atom is -0.444 e. The smallest absolute Gasteiger partial charge is 0.262 e. The van der Waals surface area contributed by atoms with E-state index >= 15 is 0 Å². The van der Waals surface area contributed by atoms with Crippen LogP contribution < -0.4 is 10.6 Å². The Hall–Kier alpha value is -2.93. The molecule has 1 aliphatic rings. The van der Waals surface area contributed by atoms with Crippen LogP contribution in [0.4, 0.5) is 5.00 Å².